The van der Waals surface area contributed by atoms with Crippen molar-refractivity contribution in [2.75, 3.05) is 13.1 Å². The molecule has 0 unspecified atom stereocenters. The molecule has 0 radical (unpaired) electrons. The summed E-state index contributed by atoms with van der Waals surface area (Å²) in [6.07, 6.45) is 6.05. The lowest BCUT2D eigenvalue weighted by atomic mass is 9.93. The third-order valence-electron chi connectivity index (χ3n) is 5.19. The van der Waals surface area contributed by atoms with E-state index in [0.717, 1.165) is 41.4 Å². The first-order valence-electron chi connectivity index (χ1n) is 9.59. The summed E-state index contributed by atoms with van der Waals surface area (Å²) in [6, 6.07) is 17.6. The Labute approximate surface area is 170 Å². The third kappa shape index (κ3) is 4.23. The number of hydrogen-bond donors (Lipinski definition) is 0. The van der Waals surface area contributed by atoms with Crippen molar-refractivity contribution in [3.05, 3.63) is 94.5 Å². The van der Waals surface area contributed by atoms with Gasteiger partial charge < -0.3 is 4.90 Å². The summed E-state index contributed by atoms with van der Waals surface area (Å²) in [6.45, 7) is 1.47. The second-order valence-corrected chi connectivity index (χ2v) is 7.56. The predicted octanol–water partition coefficient (Wildman–Crippen LogP) is 4.74. The van der Waals surface area contributed by atoms with Crippen LogP contribution in [-0.2, 0) is 6.42 Å². The van der Waals surface area contributed by atoms with Crippen LogP contribution in [0.1, 0.15) is 46.1 Å². The van der Waals surface area contributed by atoms with Crippen LogP contribution in [0.2, 0.25) is 5.02 Å². The number of carbonyl (C=O) groups excluding carboxylic acids is 1. The number of rotatable bonds is 4. The molecule has 1 amide bonds. The zero-order chi connectivity index (χ0) is 19.3. The van der Waals surface area contributed by atoms with Crippen LogP contribution in [0.3, 0.4) is 0 Å². The van der Waals surface area contributed by atoms with Crippen LogP contribution in [-0.4, -0.2) is 33.9 Å². The van der Waals surface area contributed by atoms with E-state index in [1.165, 1.54) is 0 Å². The molecule has 0 saturated carbocycles. The Kier molecular flexibility index (Phi) is 5.68. The lowest BCUT2D eigenvalue weighted by molar-refractivity contribution is 0.0705. The van der Waals surface area contributed by atoms with Crippen molar-refractivity contribution < 1.29 is 4.79 Å². The largest absolute Gasteiger partial charge is 0.338 e. The van der Waals surface area contributed by atoms with Crippen LogP contribution in [0.25, 0.3) is 0 Å². The number of benzene rings is 1. The molecule has 1 aliphatic heterocycles. The number of carbonyl (C=O) groups is 1. The highest BCUT2D eigenvalue weighted by Crippen LogP contribution is 2.27. The van der Waals surface area contributed by atoms with Crippen molar-refractivity contribution in [3.63, 3.8) is 0 Å². The van der Waals surface area contributed by atoms with Gasteiger partial charge in [0.05, 0.1) is 5.56 Å². The smallest absolute Gasteiger partial charge is 0.255 e. The van der Waals surface area contributed by atoms with Crippen molar-refractivity contribution in [3.8, 4) is 0 Å². The molecule has 4 rings (SSSR count). The monoisotopic (exact) mass is 391 g/mol. The van der Waals surface area contributed by atoms with Gasteiger partial charge in [0.2, 0.25) is 0 Å². The maximum Gasteiger partial charge on any atom is 0.255 e. The molecule has 1 aromatic carbocycles. The summed E-state index contributed by atoms with van der Waals surface area (Å²) in [5.74, 6) is 0.297. The number of nitrogens with zero attached hydrogens (tertiary/aromatic N) is 3. The number of hydrogen-bond acceptors (Lipinski definition) is 3. The summed E-state index contributed by atoms with van der Waals surface area (Å²) in [5.41, 5.74) is 3.77. The Bertz CT molecular complexity index is 961. The minimum absolute atomic E-state index is 0.0463. The molecule has 3 aromatic rings. The molecule has 2 aromatic heterocycles. The van der Waals surface area contributed by atoms with Gasteiger partial charge in [0, 0.05) is 54.2 Å². The number of aromatic nitrogens is 2. The average molecular weight is 392 g/mol. The Hall–Kier alpha value is -2.72. The van der Waals surface area contributed by atoms with Crippen LogP contribution in [0.4, 0.5) is 0 Å². The predicted molar refractivity (Wildman–Crippen MR) is 111 cm³/mol. The number of halogens is 1. The molecule has 28 heavy (non-hydrogen) atoms. The van der Waals surface area contributed by atoms with Crippen molar-refractivity contribution in [1.29, 1.82) is 0 Å². The fourth-order valence-electron chi connectivity index (χ4n) is 3.74. The van der Waals surface area contributed by atoms with Gasteiger partial charge in [-0.2, -0.15) is 0 Å². The Morgan fingerprint density at radius 1 is 1.11 bits per heavy atom. The minimum atomic E-state index is 0.0463. The molecule has 3 heterocycles. The Morgan fingerprint density at radius 3 is 2.82 bits per heavy atom. The molecular formula is C23H22ClN3O. The highest BCUT2D eigenvalue weighted by molar-refractivity contribution is 6.31. The summed E-state index contributed by atoms with van der Waals surface area (Å²) < 4.78 is 0. The summed E-state index contributed by atoms with van der Waals surface area (Å²) in [4.78, 5) is 23.7. The average Bonchev–Trinajstić information content (AvgIpc) is 2.76. The van der Waals surface area contributed by atoms with Gasteiger partial charge in [-0.25, -0.2) is 0 Å². The normalized spacial score (nSPS) is 16.8. The minimum Gasteiger partial charge on any atom is -0.338 e. The Morgan fingerprint density at radius 2 is 2.00 bits per heavy atom. The molecule has 0 bridgehead atoms. The van der Waals surface area contributed by atoms with Crippen molar-refractivity contribution >= 4 is 17.5 Å². The van der Waals surface area contributed by atoms with Crippen molar-refractivity contribution in [2.45, 2.75) is 25.2 Å². The van der Waals surface area contributed by atoms with Crippen LogP contribution in [0.15, 0.2) is 67.0 Å². The fourth-order valence-corrected chi connectivity index (χ4v) is 3.94. The van der Waals surface area contributed by atoms with Gasteiger partial charge >= 0.3 is 0 Å². The molecule has 1 saturated heterocycles. The molecule has 1 aliphatic rings. The second kappa shape index (κ2) is 8.53. The number of amides is 1. The number of likely N-dealkylation sites (tertiary alicyclic amines) is 1. The van der Waals surface area contributed by atoms with Gasteiger partial charge in [0.15, 0.2) is 0 Å². The summed E-state index contributed by atoms with van der Waals surface area (Å²) in [5, 5.41) is 0.764. The van der Waals surface area contributed by atoms with Crippen molar-refractivity contribution in [2.24, 2.45) is 0 Å². The van der Waals surface area contributed by atoms with Gasteiger partial charge in [0.25, 0.3) is 5.91 Å². The van der Waals surface area contributed by atoms with Crippen molar-refractivity contribution in [1.82, 2.24) is 14.9 Å². The van der Waals surface area contributed by atoms with Gasteiger partial charge in [-0.1, -0.05) is 35.9 Å². The van der Waals surface area contributed by atoms with Gasteiger partial charge in [-0.05, 0) is 48.7 Å². The molecule has 5 heteroatoms. The third-order valence-corrected chi connectivity index (χ3v) is 5.56. The fraction of sp³-hybridized carbons (Fsp3) is 0.261. The van der Waals surface area contributed by atoms with E-state index in [2.05, 4.69) is 17.1 Å². The molecule has 0 spiro atoms. The van der Waals surface area contributed by atoms with Crippen LogP contribution in [0.5, 0.6) is 0 Å². The standard InChI is InChI=1S/C23H22ClN3O/c24-21-10-2-1-6-17(21)14-20-9-3-11-22(26-20)19-8-5-13-27(16-19)23(28)18-7-4-12-25-15-18/h1-4,6-7,9-12,15,19H,5,8,13-14,16H2/t19-/m1/s1. The number of pyridine rings is 2. The van der Waals surface area contributed by atoms with Crippen LogP contribution < -0.4 is 0 Å². The van der Waals surface area contributed by atoms with E-state index >= 15 is 0 Å². The molecule has 0 N–H and O–H groups in total. The second-order valence-electron chi connectivity index (χ2n) is 7.15. The highest BCUT2D eigenvalue weighted by atomic mass is 35.5. The Balaban J connectivity index is 1.49. The molecule has 0 aliphatic carbocycles. The quantitative estimate of drug-likeness (QED) is 0.645. The van der Waals surface area contributed by atoms with E-state index in [1.807, 2.05) is 41.3 Å². The van der Waals surface area contributed by atoms with E-state index in [9.17, 15) is 4.79 Å². The lowest BCUT2D eigenvalue weighted by Crippen LogP contribution is -2.39. The van der Waals surface area contributed by atoms with E-state index in [0.29, 0.717) is 18.5 Å². The molecule has 4 nitrogen and oxygen atoms in total. The molecule has 1 fully saturated rings. The molecular weight excluding hydrogens is 370 g/mol. The first-order chi connectivity index (χ1) is 13.7. The first kappa shape index (κ1) is 18.6. The molecule has 142 valence electrons. The zero-order valence-electron chi connectivity index (χ0n) is 15.6. The zero-order valence-corrected chi connectivity index (χ0v) is 16.3. The van der Waals surface area contributed by atoms with Gasteiger partial charge in [-0.3, -0.25) is 14.8 Å². The first-order valence-corrected chi connectivity index (χ1v) is 9.97. The SMILES string of the molecule is O=C(c1cccnc1)N1CCC[C@@H](c2cccc(Cc3ccccc3Cl)n2)C1. The highest BCUT2D eigenvalue weighted by Gasteiger charge is 2.26. The van der Waals surface area contributed by atoms with Gasteiger partial charge in [0.1, 0.15) is 0 Å². The van der Waals surface area contributed by atoms with Crippen LogP contribution in [0, 0.1) is 0 Å². The number of piperidine rings is 1. The van der Waals surface area contributed by atoms with E-state index in [4.69, 9.17) is 16.6 Å². The lowest BCUT2D eigenvalue weighted by Gasteiger charge is -2.32. The van der Waals surface area contributed by atoms with E-state index in [-0.39, 0.29) is 11.8 Å². The maximum absolute atomic E-state index is 12.8. The summed E-state index contributed by atoms with van der Waals surface area (Å²) in [7, 11) is 0. The summed E-state index contributed by atoms with van der Waals surface area (Å²) >= 11 is 6.30. The van der Waals surface area contributed by atoms with Gasteiger partial charge in [-0.15, -0.1) is 0 Å². The topological polar surface area (TPSA) is 46.1 Å². The van der Waals surface area contributed by atoms with E-state index < -0.39 is 0 Å². The maximum atomic E-state index is 12.8. The van der Waals surface area contributed by atoms with E-state index in [1.54, 1.807) is 18.5 Å². The van der Waals surface area contributed by atoms with Crippen LogP contribution >= 0.6 is 11.6 Å². The molecule has 1 atom stereocenters.